The van der Waals surface area contributed by atoms with E-state index in [1.54, 1.807) is 11.3 Å². The first-order valence-electron chi connectivity index (χ1n) is 9.85. The van der Waals surface area contributed by atoms with Crippen LogP contribution < -0.4 is 5.32 Å². The maximum Gasteiger partial charge on any atom is 0.257 e. The highest BCUT2D eigenvalue weighted by molar-refractivity contribution is 7.17. The number of thiophene rings is 1. The van der Waals surface area contributed by atoms with Crippen LogP contribution in [0, 0.1) is 12.8 Å². The van der Waals surface area contributed by atoms with Gasteiger partial charge in [0.2, 0.25) is 0 Å². The average Bonchev–Trinajstić information content (AvgIpc) is 3.22. The average molecular weight is 383 g/mol. The zero-order valence-electron chi connectivity index (χ0n) is 16.0. The standard InChI is InChI=1S/C22H26N2O2S/c1-14-7-6-12-24(13-14)22(26)19-17-10-5-11-18(17)27-21(19)23-20(25)16-9-4-3-8-15(16)2/h3-4,8-9,14H,5-7,10-13H2,1-2H3,(H,23,25)/t14-/m0/s1. The summed E-state index contributed by atoms with van der Waals surface area (Å²) in [6, 6.07) is 7.57. The van der Waals surface area contributed by atoms with Gasteiger partial charge in [0.15, 0.2) is 0 Å². The molecule has 2 aliphatic rings. The topological polar surface area (TPSA) is 49.4 Å². The number of amides is 2. The van der Waals surface area contributed by atoms with Crippen molar-refractivity contribution in [1.29, 1.82) is 0 Å². The zero-order valence-corrected chi connectivity index (χ0v) is 16.8. The molecular formula is C22H26N2O2S. The number of piperidine rings is 1. The fourth-order valence-electron chi connectivity index (χ4n) is 4.25. The van der Waals surface area contributed by atoms with E-state index in [2.05, 4.69) is 12.2 Å². The minimum absolute atomic E-state index is 0.0982. The molecule has 1 aromatic carbocycles. The van der Waals surface area contributed by atoms with Gasteiger partial charge in [-0.05, 0) is 62.1 Å². The van der Waals surface area contributed by atoms with E-state index in [1.165, 1.54) is 16.9 Å². The van der Waals surface area contributed by atoms with Gasteiger partial charge < -0.3 is 10.2 Å². The summed E-state index contributed by atoms with van der Waals surface area (Å²) in [6.07, 6.45) is 5.30. The fraction of sp³-hybridized carbons (Fsp3) is 0.455. The second kappa shape index (κ2) is 7.47. The third-order valence-corrected chi connectivity index (χ3v) is 6.90. The van der Waals surface area contributed by atoms with E-state index in [4.69, 9.17) is 0 Å². The molecule has 2 amide bonds. The number of anilines is 1. The molecule has 1 atom stereocenters. The third kappa shape index (κ3) is 3.53. The summed E-state index contributed by atoms with van der Waals surface area (Å²) in [5.41, 5.74) is 3.53. The summed E-state index contributed by atoms with van der Waals surface area (Å²) in [4.78, 5) is 29.4. The van der Waals surface area contributed by atoms with Crippen molar-refractivity contribution in [3.05, 3.63) is 51.4 Å². The molecule has 0 unspecified atom stereocenters. The smallest absolute Gasteiger partial charge is 0.257 e. The second-order valence-corrected chi connectivity index (χ2v) is 8.93. The van der Waals surface area contributed by atoms with Crippen LogP contribution in [0.4, 0.5) is 5.00 Å². The number of benzene rings is 1. The maximum atomic E-state index is 13.4. The zero-order chi connectivity index (χ0) is 19.0. The molecule has 0 saturated carbocycles. The van der Waals surface area contributed by atoms with Gasteiger partial charge in [0, 0.05) is 23.5 Å². The summed E-state index contributed by atoms with van der Waals surface area (Å²) in [5, 5.41) is 3.79. The van der Waals surface area contributed by atoms with Gasteiger partial charge in [-0.2, -0.15) is 0 Å². The molecule has 1 aliphatic heterocycles. The summed E-state index contributed by atoms with van der Waals surface area (Å²) in [5.74, 6) is 0.509. The maximum absolute atomic E-state index is 13.4. The van der Waals surface area contributed by atoms with Gasteiger partial charge in [-0.1, -0.05) is 25.1 Å². The first-order chi connectivity index (χ1) is 13.0. The van der Waals surface area contributed by atoms with Gasteiger partial charge >= 0.3 is 0 Å². The Morgan fingerprint density at radius 2 is 2.00 bits per heavy atom. The van der Waals surface area contributed by atoms with Crippen molar-refractivity contribution in [3.8, 4) is 0 Å². The van der Waals surface area contributed by atoms with Gasteiger partial charge in [0.1, 0.15) is 5.00 Å². The minimum atomic E-state index is -0.130. The first kappa shape index (κ1) is 18.2. The molecule has 4 rings (SSSR count). The van der Waals surface area contributed by atoms with Crippen molar-refractivity contribution in [2.75, 3.05) is 18.4 Å². The number of nitrogens with one attached hydrogen (secondary N) is 1. The molecule has 1 aliphatic carbocycles. The van der Waals surface area contributed by atoms with E-state index in [0.29, 0.717) is 11.5 Å². The predicted molar refractivity (Wildman–Crippen MR) is 110 cm³/mol. The quantitative estimate of drug-likeness (QED) is 0.839. The van der Waals surface area contributed by atoms with Crippen molar-refractivity contribution < 1.29 is 9.59 Å². The van der Waals surface area contributed by atoms with Crippen molar-refractivity contribution in [2.45, 2.75) is 46.0 Å². The van der Waals surface area contributed by atoms with Crippen LogP contribution in [0.2, 0.25) is 0 Å². The molecule has 2 heterocycles. The molecule has 142 valence electrons. The lowest BCUT2D eigenvalue weighted by Gasteiger charge is -2.31. The van der Waals surface area contributed by atoms with Crippen molar-refractivity contribution in [3.63, 3.8) is 0 Å². The highest BCUT2D eigenvalue weighted by atomic mass is 32.1. The second-order valence-electron chi connectivity index (χ2n) is 7.83. The van der Waals surface area contributed by atoms with E-state index in [9.17, 15) is 9.59 Å². The van der Waals surface area contributed by atoms with E-state index < -0.39 is 0 Å². The molecule has 4 nitrogen and oxygen atoms in total. The number of likely N-dealkylation sites (tertiary alicyclic amines) is 1. The monoisotopic (exact) mass is 382 g/mol. The van der Waals surface area contributed by atoms with Crippen LogP contribution in [-0.4, -0.2) is 29.8 Å². The van der Waals surface area contributed by atoms with Crippen molar-refractivity contribution in [2.24, 2.45) is 5.92 Å². The Morgan fingerprint density at radius 1 is 1.19 bits per heavy atom. The van der Waals surface area contributed by atoms with Gasteiger partial charge in [-0.15, -0.1) is 11.3 Å². The van der Waals surface area contributed by atoms with Crippen molar-refractivity contribution >= 4 is 28.2 Å². The third-order valence-electron chi connectivity index (χ3n) is 5.70. The highest BCUT2D eigenvalue weighted by Gasteiger charge is 2.31. The van der Waals surface area contributed by atoms with Crippen LogP contribution in [0.15, 0.2) is 24.3 Å². The van der Waals surface area contributed by atoms with Crippen LogP contribution in [0.25, 0.3) is 0 Å². The van der Waals surface area contributed by atoms with Crippen LogP contribution in [0.5, 0.6) is 0 Å². The molecule has 1 aromatic heterocycles. The van der Waals surface area contributed by atoms with Gasteiger partial charge in [0.25, 0.3) is 11.8 Å². The number of fused-ring (bicyclic) bond motifs is 1. The number of aryl methyl sites for hydroxylation is 2. The molecule has 0 radical (unpaired) electrons. The number of hydrogen-bond acceptors (Lipinski definition) is 3. The Balaban J connectivity index is 1.65. The van der Waals surface area contributed by atoms with Gasteiger partial charge in [-0.3, -0.25) is 9.59 Å². The first-order valence-corrected chi connectivity index (χ1v) is 10.7. The van der Waals surface area contributed by atoms with Crippen LogP contribution in [0.1, 0.15) is 62.9 Å². The lowest BCUT2D eigenvalue weighted by atomic mass is 9.99. The number of nitrogens with zero attached hydrogens (tertiary/aromatic N) is 1. The Bertz CT molecular complexity index is 886. The number of carbonyl (C=O) groups excluding carboxylic acids is 2. The molecule has 1 saturated heterocycles. The SMILES string of the molecule is Cc1ccccc1C(=O)Nc1sc2c(c1C(=O)N1CCC[C@H](C)C1)CCC2. The molecule has 0 bridgehead atoms. The molecule has 1 fully saturated rings. The minimum Gasteiger partial charge on any atom is -0.338 e. The molecule has 0 spiro atoms. The molecule has 27 heavy (non-hydrogen) atoms. The van der Waals surface area contributed by atoms with Crippen LogP contribution in [-0.2, 0) is 12.8 Å². The van der Waals surface area contributed by atoms with E-state index in [0.717, 1.165) is 54.9 Å². The molecular weight excluding hydrogens is 356 g/mol. The normalized spacial score (nSPS) is 19.0. The van der Waals surface area contributed by atoms with Crippen LogP contribution >= 0.6 is 11.3 Å². The van der Waals surface area contributed by atoms with E-state index in [1.807, 2.05) is 36.1 Å². The number of carbonyl (C=O) groups is 2. The Kier molecular flexibility index (Phi) is 5.04. The summed E-state index contributed by atoms with van der Waals surface area (Å²) in [7, 11) is 0. The van der Waals surface area contributed by atoms with Gasteiger partial charge in [0.05, 0.1) is 5.56 Å². The fourth-order valence-corrected chi connectivity index (χ4v) is 5.53. The molecule has 2 aromatic rings. The lowest BCUT2D eigenvalue weighted by Crippen LogP contribution is -2.39. The Morgan fingerprint density at radius 3 is 2.78 bits per heavy atom. The predicted octanol–water partition coefficient (Wildman–Crippen LogP) is 4.67. The summed E-state index contributed by atoms with van der Waals surface area (Å²) in [6.45, 7) is 5.77. The number of hydrogen-bond donors (Lipinski definition) is 1. The summed E-state index contributed by atoms with van der Waals surface area (Å²) < 4.78 is 0. The molecule has 5 heteroatoms. The molecule has 1 N–H and O–H groups in total. The van der Waals surface area contributed by atoms with E-state index in [-0.39, 0.29) is 11.8 Å². The van der Waals surface area contributed by atoms with E-state index >= 15 is 0 Å². The summed E-state index contributed by atoms with van der Waals surface area (Å²) >= 11 is 1.59. The van der Waals surface area contributed by atoms with Crippen LogP contribution in [0.3, 0.4) is 0 Å². The largest absolute Gasteiger partial charge is 0.338 e. The Labute approximate surface area is 164 Å². The number of rotatable bonds is 3. The highest BCUT2D eigenvalue weighted by Crippen LogP contribution is 2.40. The Hall–Kier alpha value is -2.14. The van der Waals surface area contributed by atoms with Gasteiger partial charge in [-0.25, -0.2) is 0 Å². The van der Waals surface area contributed by atoms with Crippen molar-refractivity contribution in [1.82, 2.24) is 4.90 Å². The lowest BCUT2D eigenvalue weighted by molar-refractivity contribution is 0.0683.